The van der Waals surface area contributed by atoms with Gasteiger partial charge in [-0.2, -0.15) is 10.4 Å². The van der Waals surface area contributed by atoms with E-state index < -0.39 is 0 Å². The molecule has 1 aromatic carbocycles. The average molecular weight is 390 g/mol. The summed E-state index contributed by atoms with van der Waals surface area (Å²) in [5.41, 5.74) is 1.97. The van der Waals surface area contributed by atoms with Gasteiger partial charge in [-0.25, -0.2) is 9.97 Å². The second-order valence-electron chi connectivity index (χ2n) is 7.08. The molecule has 1 aliphatic rings. The van der Waals surface area contributed by atoms with Crippen molar-refractivity contribution in [2.45, 2.75) is 13.0 Å². The van der Waals surface area contributed by atoms with Crippen LogP contribution in [-0.4, -0.2) is 62.8 Å². The largest absolute Gasteiger partial charge is 0.353 e. The Hall–Kier alpha value is -3.51. The molecule has 148 valence electrons. The Bertz CT molecular complexity index is 1080. The molecule has 0 bridgehead atoms. The minimum Gasteiger partial charge on any atom is -0.353 e. The summed E-state index contributed by atoms with van der Waals surface area (Å²) in [4.78, 5) is 25.8. The van der Waals surface area contributed by atoms with Crippen LogP contribution in [-0.2, 0) is 11.8 Å². The van der Waals surface area contributed by atoms with E-state index in [2.05, 4.69) is 36.3 Å². The van der Waals surface area contributed by atoms with Gasteiger partial charge in [-0.05, 0) is 25.1 Å². The third-order valence-electron chi connectivity index (χ3n) is 5.31. The Labute approximate surface area is 168 Å². The lowest BCUT2D eigenvalue weighted by Gasteiger charge is -2.38. The summed E-state index contributed by atoms with van der Waals surface area (Å²) in [6.45, 7) is 4.94. The average Bonchev–Trinajstić information content (AvgIpc) is 3.14. The molecular formula is C20H22N8O. The number of rotatable bonds is 4. The number of fused-ring (bicyclic) bond motifs is 1. The fraction of sp³-hybridized carbons (Fsp3) is 0.350. The van der Waals surface area contributed by atoms with Gasteiger partial charge in [-0.15, -0.1) is 0 Å². The van der Waals surface area contributed by atoms with Gasteiger partial charge in [-0.1, -0.05) is 6.07 Å². The highest BCUT2D eigenvalue weighted by molar-refractivity contribution is 5.94. The number of aromatic nitrogens is 4. The van der Waals surface area contributed by atoms with Crippen molar-refractivity contribution < 1.29 is 4.79 Å². The van der Waals surface area contributed by atoms with Gasteiger partial charge in [0.25, 0.3) is 0 Å². The first-order valence-corrected chi connectivity index (χ1v) is 9.49. The van der Waals surface area contributed by atoms with Crippen LogP contribution < -0.4 is 10.2 Å². The normalized spacial score (nSPS) is 15.8. The predicted octanol–water partition coefficient (Wildman–Crippen LogP) is 1.38. The zero-order chi connectivity index (χ0) is 20.4. The molecule has 1 atom stereocenters. The number of benzene rings is 1. The van der Waals surface area contributed by atoms with Crippen molar-refractivity contribution in [1.82, 2.24) is 24.6 Å². The number of nitriles is 1. The standard InChI is InChI=1S/C20H22N8O/c1-14(20(29)25-16-5-3-4-15(10-16)11-21)27-6-8-28(9-7-27)19-17-12-24-26(2)18(17)22-13-23-19/h3-5,10,12-14H,6-9H2,1-2H3,(H,25,29)/t14-/m0/s1. The molecule has 9 heteroatoms. The maximum atomic E-state index is 12.7. The summed E-state index contributed by atoms with van der Waals surface area (Å²) in [5.74, 6) is 0.804. The second kappa shape index (κ2) is 7.85. The molecule has 3 aromatic rings. The second-order valence-corrected chi connectivity index (χ2v) is 7.08. The lowest BCUT2D eigenvalue weighted by molar-refractivity contribution is -0.120. The van der Waals surface area contributed by atoms with Crippen molar-refractivity contribution in [3.8, 4) is 6.07 Å². The molecule has 4 rings (SSSR count). The van der Waals surface area contributed by atoms with Crippen molar-refractivity contribution >= 4 is 28.4 Å². The Morgan fingerprint density at radius 3 is 2.79 bits per heavy atom. The van der Waals surface area contributed by atoms with Crippen LogP contribution in [0.15, 0.2) is 36.8 Å². The van der Waals surface area contributed by atoms with E-state index in [4.69, 9.17) is 5.26 Å². The van der Waals surface area contributed by atoms with E-state index in [0.29, 0.717) is 11.3 Å². The number of carbonyl (C=O) groups is 1. The molecule has 1 saturated heterocycles. The molecule has 2 aromatic heterocycles. The molecule has 1 amide bonds. The summed E-state index contributed by atoms with van der Waals surface area (Å²) in [5, 5.41) is 17.1. The summed E-state index contributed by atoms with van der Waals surface area (Å²) < 4.78 is 1.74. The summed E-state index contributed by atoms with van der Waals surface area (Å²) in [6, 6.07) is 8.75. The number of anilines is 2. The van der Waals surface area contributed by atoms with Gasteiger partial charge in [0.05, 0.1) is 29.3 Å². The van der Waals surface area contributed by atoms with E-state index in [0.717, 1.165) is 43.0 Å². The summed E-state index contributed by atoms with van der Waals surface area (Å²) in [6.07, 6.45) is 3.36. The molecule has 9 nitrogen and oxygen atoms in total. The smallest absolute Gasteiger partial charge is 0.241 e. The number of carbonyl (C=O) groups excluding carboxylic acids is 1. The van der Waals surface area contributed by atoms with Gasteiger partial charge in [-0.3, -0.25) is 14.4 Å². The van der Waals surface area contributed by atoms with Crippen LogP contribution in [0.2, 0.25) is 0 Å². The number of aryl methyl sites for hydroxylation is 1. The minimum absolute atomic E-state index is 0.0785. The predicted molar refractivity (Wildman–Crippen MR) is 109 cm³/mol. The fourth-order valence-corrected chi connectivity index (χ4v) is 3.60. The Morgan fingerprint density at radius 2 is 2.03 bits per heavy atom. The van der Waals surface area contributed by atoms with Gasteiger partial charge in [0.2, 0.25) is 5.91 Å². The Morgan fingerprint density at radius 1 is 1.24 bits per heavy atom. The van der Waals surface area contributed by atoms with Crippen molar-refractivity contribution in [2.75, 3.05) is 36.4 Å². The first kappa shape index (κ1) is 18.8. The van der Waals surface area contributed by atoms with E-state index in [1.807, 2.05) is 14.0 Å². The molecule has 0 unspecified atom stereocenters. The molecule has 29 heavy (non-hydrogen) atoms. The summed E-state index contributed by atoms with van der Waals surface area (Å²) in [7, 11) is 1.86. The van der Waals surface area contributed by atoms with Crippen molar-refractivity contribution in [1.29, 1.82) is 5.26 Å². The van der Waals surface area contributed by atoms with Crippen LogP contribution in [0.3, 0.4) is 0 Å². The van der Waals surface area contributed by atoms with Gasteiger partial charge in [0.1, 0.15) is 12.1 Å². The van der Waals surface area contributed by atoms with Crippen LogP contribution in [0.1, 0.15) is 12.5 Å². The van der Waals surface area contributed by atoms with Crippen LogP contribution in [0, 0.1) is 11.3 Å². The van der Waals surface area contributed by atoms with Crippen LogP contribution in [0.4, 0.5) is 11.5 Å². The van der Waals surface area contributed by atoms with Crippen molar-refractivity contribution in [2.24, 2.45) is 7.05 Å². The van der Waals surface area contributed by atoms with Crippen molar-refractivity contribution in [3.63, 3.8) is 0 Å². The maximum Gasteiger partial charge on any atom is 0.241 e. The number of nitrogens with one attached hydrogen (secondary N) is 1. The molecule has 0 radical (unpaired) electrons. The van der Waals surface area contributed by atoms with Crippen LogP contribution >= 0.6 is 0 Å². The molecule has 1 N–H and O–H groups in total. The maximum absolute atomic E-state index is 12.7. The molecule has 1 aliphatic heterocycles. The van der Waals surface area contributed by atoms with Gasteiger partial charge < -0.3 is 10.2 Å². The van der Waals surface area contributed by atoms with E-state index >= 15 is 0 Å². The minimum atomic E-state index is -0.272. The first-order valence-electron chi connectivity index (χ1n) is 9.49. The number of nitrogens with zero attached hydrogens (tertiary/aromatic N) is 7. The highest BCUT2D eigenvalue weighted by Gasteiger charge is 2.27. The number of hydrogen-bond acceptors (Lipinski definition) is 7. The zero-order valence-corrected chi connectivity index (χ0v) is 16.4. The molecular weight excluding hydrogens is 368 g/mol. The molecule has 0 saturated carbocycles. The third-order valence-corrected chi connectivity index (χ3v) is 5.31. The topological polar surface area (TPSA) is 103 Å². The number of amides is 1. The zero-order valence-electron chi connectivity index (χ0n) is 16.4. The van der Waals surface area contributed by atoms with Crippen LogP contribution in [0.5, 0.6) is 0 Å². The first-order chi connectivity index (χ1) is 14.1. The van der Waals surface area contributed by atoms with E-state index in [1.54, 1.807) is 41.5 Å². The molecule has 0 spiro atoms. The van der Waals surface area contributed by atoms with Gasteiger partial charge >= 0.3 is 0 Å². The Balaban J connectivity index is 1.39. The highest BCUT2D eigenvalue weighted by Crippen LogP contribution is 2.23. The fourth-order valence-electron chi connectivity index (χ4n) is 3.60. The molecule has 3 heterocycles. The van der Waals surface area contributed by atoms with Crippen LogP contribution in [0.25, 0.3) is 11.0 Å². The SMILES string of the molecule is C[C@@H](C(=O)Nc1cccc(C#N)c1)N1CCN(c2ncnc3c2cnn3C)CC1. The lowest BCUT2D eigenvalue weighted by Crippen LogP contribution is -2.53. The number of hydrogen-bond donors (Lipinski definition) is 1. The summed E-state index contributed by atoms with van der Waals surface area (Å²) >= 11 is 0. The Kier molecular flexibility index (Phi) is 5.10. The quantitative estimate of drug-likeness (QED) is 0.718. The number of piperazine rings is 1. The third kappa shape index (κ3) is 3.75. The highest BCUT2D eigenvalue weighted by atomic mass is 16.2. The van der Waals surface area contributed by atoms with E-state index in [-0.39, 0.29) is 11.9 Å². The van der Waals surface area contributed by atoms with E-state index in [9.17, 15) is 4.79 Å². The molecule has 1 fully saturated rings. The molecule has 0 aliphatic carbocycles. The van der Waals surface area contributed by atoms with E-state index in [1.165, 1.54) is 0 Å². The lowest BCUT2D eigenvalue weighted by atomic mass is 10.2. The van der Waals surface area contributed by atoms with Gasteiger partial charge in [0, 0.05) is 38.9 Å². The van der Waals surface area contributed by atoms with Crippen molar-refractivity contribution in [3.05, 3.63) is 42.4 Å². The monoisotopic (exact) mass is 390 g/mol. The van der Waals surface area contributed by atoms with Gasteiger partial charge in [0.15, 0.2) is 5.65 Å².